The van der Waals surface area contributed by atoms with Gasteiger partial charge < -0.3 is 5.73 Å². The molecule has 0 bridgehead atoms. The Bertz CT molecular complexity index is 420. The van der Waals surface area contributed by atoms with Crippen LogP contribution in [0.3, 0.4) is 0 Å². The van der Waals surface area contributed by atoms with Crippen molar-refractivity contribution in [2.45, 2.75) is 57.9 Å². The molecule has 0 aromatic heterocycles. The molecule has 1 heteroatoms. The van der Waals surface area contributed by atoms with E-state index >= 15 is 0 Å². The van der Waals surface area contributed by atoms with E-state index in [9.17, 15) is 0 Å². The third-order valence-electron chi connectivity index (χ3n) is 3.80. The fourth-order valence-electron chi connectivity index (χ4n) is 2.45. The van der Waals surface area contributed by atoms with Gasteiger partial charge in [0.1, 0.15) is 0 Å². The Hall–Kier alpha value is -1.08. The van der Waals surface area contributed by atoms with Gasteiger partial charge in [-0.25, -0.2) is 0 Å². The number of benzene rings is 1. The fraction of sp³-hybridized carbons (Fsp3) is 0.529. The fourth-order valence-corrected chi connectivity index (χ4v) is 2.45. The quantitative estimate of drug-likeness (QED) is 0.782. The summed E-state index contributed by atoms with van der Waals surface area (Å²) in [6.07, 6.45) is 6.80. The van der Waals surface area contributed by atoms with Gasteiger partial charge in [0.25, 0.3) is 0 Å². The minimum Gasteiger partial charge on any atom is -0.327 e. The molecule has 0 amide bonds. The summed E-state index contributed by atoms with van der Waals surface area (Å²) in [7, 11) is 0. The van der Waals surface area contributed by atoms with E-state index < -0.39 is 0 Å². The summed E-state index contributed by atoms with van der Waals surface area (Å²) >= 11 is 0. The minimum absolute atomic E-state index is 0.245. The Kier molecular flexibility index (Phi) is 3.91. The van der Waals surface area contributed by atoms with Gasteiger partial charge in [-0.15, -0.1) is 0 Å². The van der Waals surface area contributed by atoms with Crippen molar-refractivity contribution in [2.75, 3.05) is 0 Å². The van der Waals surface area contributed by atoms with Gasteiger partial charge in [-0.05, 0) is 42.2 Å². The van der Waals surface area contributed by atoms with Crippen LogP contribution in [0.25, 0.3) is 0 Å². The van der Waals surface area contributed by atoms with Gasteiger partial charge in [0.05, 0.1) is 0 Å². The molecule has 18 heavy (non-hydrogen) atoms. The molecule has 1 unspecified atom stereocenters. The van der Waals surface area contributed by atoms with Crippen LogP contribution in [0, 0.1) is 0 Å². The normalized spacial score (nSPS) is 20.7. The van der Waals surface area contributed by atoms with E-state index in [1.807, 2.05) is 0 Å². The van der Waals surface area contributed by atoms with Crippen molar-refractivity contribution >= 4 is 0 Å². The van der Waals surface area contributed by atoms with Crippen LogP contribution in [0.2, 0.25) is 0 Å². The molecule has 0 radical (unpaired) electrons. The Morgan fingerprint density at radius 1 is 1.17 bits per heavy atom. The second kappa shape index (κ2) is 5.27. The van der Waals surface area contributed by atoms with Crippen molar-refractivity contribution in [3.63, 3.8) is 0 Å². The van der Waals surface area contributed by atoms with Crippen LogP contribution in [0.4, 0.5) is 0 Å². The first-order valence-corrected chi connectivity index (χ1v) is 6.98. The molecule has 1 atom stereocenters. The standard InChI is InChI=1S/C17H25N/c1-17(2,3)15-8-4-13(5-9-15)12-14-6-10-16(18)11-7-14/h4-6,8-9,16H,7,10-12,18H2,1-3H3. The van der Waals surface area contributed by atoms with Crippen LogP contribution in [-0.4, -0.2) is 6.04 Å². The molecule has 98 valence electrons. The zero-order valence-electron chi connectivity index (χ0n) is 11.9. The monoisotopic (exact) mass is 243 g/mol. The Balaban J connectivity index is 2.03. The van der Waals surface area contributed by atoms with Crippen LogP contribution in [-0.2, 0) is 11.8 Å². The highest BCUT2D eigenvalue weighted by Crippen LogP contribution is 2.24. The molecule has 1 aromatic carbocycles. The second-order valence-corrected chi connectivity index (χ2v) is 6.52. The van der Waals surface area contributed by atoms with Gasteiger partial charge in [-0.2, -0.15) is 0 Å². The molecule has 0 saturated carbocycles. The summed E-state index contributed by atoms with van der Waals surface area (Å²) in [5.41, 5.74) is 10.5. The van der Waals surface area contributed by atoms with Gasteiger partial charge in [-0.1, -0.05) is 56.7 Å². The maximum atomic E-state index is 5.91. The average Bonchev–Trinajstić information content (AvgIpc) is 2.32. The smallest absolute Gasteiger partial charge is 0.00765 e. The van der Waals surface area contributed by atoms with Gasteiger partial charge in [-0.3, -0.25) is 0 Å². The second-order valence-electron chi connectivity index (χ2n) is 6.52. The summed E-state index contributed by atoms with van der Waals surface area (Å²) in [5, 5.41) is 0. The molecule has 1 nitrogen and oxygen atoms in total. The maximum Gasteiger partial charge on any atom is 0.00765 e. The number of nitrogens with two attached hydrogens (primary N) is 1. The Morgan fingerprint density at radius 3 is 2.33 bits per heavy atom. The first-order chi connectivity index (χ1) is 8.45. The minimum atomic E-state index is 0.245. The van der Waals surface area contributed by atoms with Crippen LogP contribution in [0.15, 0.2) is 35.9 Å². The van der Waals surface area contributed by atoms with E-state index in [0.29, 0.717) is 6.04 Å². The van der Waals surface area contributed by atoms with Crippen LogP contribution < -0.4 is 5.73 Å². The molecule has 1 aliphatic rings. The SMILES string of the molecule is CC(C)(C)c1ccc(CC2=CCC(N)CC2)cc1. The lowest BCUT2D eigenvalue weighted by atomic mass is 9.85. The first kappa shape index (κ1) is 13.4. The first-order valence-electron chi connectivity index (χ1n) is 6.98. The maximum absolute atomic E-state index is 5.91. The predicted octanol–water partition coefficient (Wildman–Crippen LogP) is 3.96. The third kappa shape index (κ3) is 3.46. The molecule has 0 fully saturated rings. The van der Waals surface area contributed by atoms with Crippen LogP contribution in [0.5, 0.6) is 0 Å². The predicted molar refractivity (Wildman–Crippen MR) is 78.8 cm³/mol. The van der Waals surface area contributed by atoms with Crippen molar-refractivity contribution in [3.05, 3.63) is 47.0 Å². The number of hydrogen-bond donors (Lipinski definition) is 1. The largest absolute Gasteiger partial charge is 0.327 e. The molecule has 1 aliphatic carbocycles. The summed E-state index contributed by atoms with van der Waals surface area (Å²) in [6, 6.07) is 9.47. The van der Waals surface area contributed by atoms with Crippen LogP contribution >= 0.6 is 0 Å². The van der Waals surface area contributed by atoms with Crippen molar-refractivity contribution in [1.82, 2.24) is 0 Å². The third-order valence-corrected chi connectivity index (χ3v) is 3.80. The zero-order chi connectivity index (χ0) is 13.2. The highest BCUT2D eigenvalue weighted by atomic mass is 14.6. The van der Waals surface area contributed by atoms with Gasteiger partial charge in [0.15, 0.2) is 0 Å². The lowest BCUT2D eigenvalue weighted by Crippen LogP contribution is -2.22. The van der Waals surface area contributed by atoms with Crippen molar-refractivity contribution < 1.29 is 0 Å². The topological polar surface area (TPSA) is 26.0 Å². The van der Waals surface area contributed by atoms with E-state index in [1.165, 1.54) is 17.5 Å². The average molecular weight is 243 g/mol. The van der Waals surface area contributed by atoms with Crippen molar-refractivity contribution in [1.29, 1.82) is 0 Å². The summed E-state index contributed by atoms with van der Waals surface area (Å²) in [4.78, 5) is 0. The molecule has 0 spiro atoms. The van der Waals surface area contributed by atoms with Crippen molar-refractivity contribution in [3.8, 4) is 0 Å². The lowest BCUT2D eigenvalue weighted by molar-refractivity contribution is 0.582. The Labute approximate surface area is 111 Å². The molecular formula is C17H25N. The highest BCUT2D eigenvalue weighted by molar-refractivity contribution is 5.30. The lowest BCUT2D eigenvalue weighted by Gasteiger charge is -2.20. The van der Waals surface area contributed by atoms with Gasteiger partial charge >= 0.3 is 0 Å². The van der Waals surface area contributed by atoms with E-state index in [1.54, 1.807) is 5.57 Å². The van der Waals surface area contributed by atoms with Crippen LogP contribution in [0.1, 0.15) is 51.2 Å². The van der Waals surface area contributed by atoms with E-state index in [-0.39, 0.29) is 5.41 Å². The van der Waals surface area contributed by atoms with Gasteiger partial charge in [0, 0.05) is 6.04 Å². The van der Waals surface area contributed by atoms with E-state index in [0.717, 1.165) is 19.3 Å². The molecule has 0 heterocycles. The van der Waals surface area contributed by atoms with E-state index in [2.05, 4.69) is 51.1 Å². The summed E-state index contributed by atoms with van der Waals surface area (Å²) < 4.78 is 0. The summed E-state index contributed by atoms with van der Waals surface area (Å²) in [6.45, 7) is 6.77. The molecule has 2 rings (SSSR count). The molecule has 0 saturated heterocycles. The number of rotatable bonds is 2. The molecular weight excluding hydrogens is 218 g/mol. The van der Waals surface area contributed by atoms with Gasteiger partial charge in [0.2, 0.25) is 0 Å². The molecule has 2 N–H and O–H groups in total. The Morgan fingerprint density at radius 2 is 1.83 bits per heavy atom. The highest BCUT2D eigenvalue weighted by Gasteiger charge is 2.14. The van der Waals surface area contributed by atoms with Crippen molar-refractivity contribution in [2.24, 2.45) is 5.73 Å². The number of allylic oxidation sites excluding steroid dienone is 1. The molecule has 1 aromatic rings. The van der Waals surface area contributed by atoms with E-state index in [4.69, 9.17) is 5.73 Å². The molecule has 0 aliphatic heterocycles. The summed E-state index contributed by atoms with van der Waals surface area (Å²) in [5.74, 6) is 0. The number of hydrogen-bond acceptors (Lipinski definition) is 1. The zero-order valence-corrected chi connectivity index (χ0v) is 11.9.